The van der Waals surface area contributed by atoms with E-state index in [0.29, 0.717) is 18.9 Å². The number of nitrogen functional groups attached to an aromatic ring is 1. The molecular formula is C13H20N4O2. The summed E-state index contributed by atoms with van der Waals surface area (Å²) in [4.78, 5) is 13.7. The molecule has 1 aromatic rings. The first-order valence-corrected chi connectivity index (χ1v) is 6.42. The lowest BCUT2D eigenvalue weighted by Crippen LogP contribution is -2.35. The molecule has 0 bridgehead atoms. The fourth-order valence-corrected chi connectivity index (χ4v) is 2.06. The Morgan fingerprint density at radius 1 is 1.42 bits per heavy atom. The second kappa shape index (κ2) is 5.03. The van der Waals surface area contributed by atoms with Gasteiger partial charge in [-0.15, -0.1) is 5.10 Å². The van der Waals surface area contributed by atoms with E-state index in [1.165, 1.54) is 0 Å². The third kappa shape index (κ3) is 3.56. The summed E-state index contributed by atoms with van der Waals surface area (Å²) in [6.07, 6.45) is 0.607. The topological polar surface area (TPSA) is 81.3 Å². The van der Waals surface area contributed by atoms with Gasteiger partial charge in [-0.05, 0) is 39.3 Å². The summed E-state index contributed by atoms with van der Waals surface area (Å²) in [6, 6.07) is 3.60. The van der Waals surface area contributed by atoms with Crippen LogP contribution in [-0.4, -0.2) is 39.9 Å². The quantitative estimate of drug-likeness (QED) is 0.836. The van der Waals surface area contributed by atoms with E-state index in [9.17, 15) is 4.79 Å². The summed E-state index contributed by atoms with van der Waals surface area (Å²) in [5.41, 5.74) is 5.93. The fourth-order valence-electron chi connectivity index (χ4n) is 2.06. The van der Waals surface area contributed by atoms with E-state index in [1.807, 2.05) is 26.8 Å². The van der Waals surface area contributed by atoms with Gasteiger partial charge in [-0.2, -0.15) is 5.10 Å². The molecule has 1 fully saturated rings. The van der Waals surface area contributed by atoms with Crippen LogP contribution in [0.5, 0.6) is 0 Å². The number of rotatable bonds is 1. The largest absolute Gasteiger partial charge is 0.444 e. The maximum Gasteiger partial charge on any atom is 0.410 e. The van der Waals surface area contributed by atoms with Crippen molar-refractivity contribution in [3.63, 3.8) is 0 Å². The second-order valence-corrected chi connectivity index (χ2v) is 5.80. The fraction of sp³-hybridized carbons (Fsp3) is 0.615. The summed E-state index contributed by atoms with van der Waals surface area (Å²) < 4.78 is 5.36. The van der Waals surface area contributed by atoms with Crippen molar-refractivity contribution in [2.45, 2.75) is 38.7 Å². The van der Waals surface area contributed by atoms with Crippen LogP contribution in [0.25, 0.3) is 0 Å². The number of likely N-dealkylation sites (tertiary alicyclic amines) is 1. The van der Waals surface area contributed by atoms with Gasteiger partial charge in [0.25, 0.3) is 0 Å². The van der Waals surface area contributed by atoms with Crippen LogP contribution in [0, 0.1) is 0 Å². The number of carbonyl (C=O) groups excluding carboxylic acids is 1. The highest BCUT2D eigenvalue weighted by molar-refractivity contribution is 5.68. The number of hydrogen-bond acceptors (Lipinski definition) is 5. The van der Waals surface area contributed by atoms with Crippen LogP contribution < -0.4 is 5.73 Å². The Balaban J connectivity index is 1.96. The van der Waals surface area contributed by atoms with Gasteiger partial charge < -0.3 is 15.4 Å². The van der Waals surface area contributed by atoms with Gasteiger partial charge in [0.05, 0.1) is 5.69 Å². The van der Waals surface area contributed by atoms with Gasteiger partial charge in [0.1, 0.15) is 11.4 Å². The summed E-state index contributed by atoms with van der Waals surface area (Å²) in [5, 5.41) is 7.92. The first kappa shape index (κ1) is 13.6. The highest BCUT2D eigenvalue weighted by Gasteiger charge is 2.31. The zero-order valence-electron chi connectivity index (χ0n) is 11.6. The average molecular weight is 264 g/mol. The Kier molecular flexibility index (Phi) is 3.59. The third-order valence-corrected chi connectivity index (χ3v) is 2.96. The zero-order valence-corrected chi connectivity index (χ0v) is 11.6. The monoisotopic (exact) mass is 264 g/mol. The van der Waals surface area contributed by atoms with Crippen LogP contribution >= 0.6 is 0 Å². The number of ether oxygens (including phenoxy) is 1. The van der Waals surface area contributed by atoms with Gasteiger partial charge in [-0.3, -0.25) is 0 Å². The Morgan fingerprint density at radius 2 is 2.16 bits per heavy atom. The van der Waals surface area contributed by atoms with E-state index in [2.05, 4.69) is 10.2 Å². The van der Waals surface area contributed by atoms with E-state index in [1.54, 1.807) is 11.0 Å². The molecule has 1 aromatic heterocycles. The standard InChI is InChI=1S/C13H20N4O2/c1-13(2,3)19-12(18)17-7-6-9(8-17)10-4-5-11(14)16-15-10/h4-5,9H,6-8H2,1-3H3,(H2,14,16)/t9-/m1/s1. The number of nitrogens with zero attached hydrogens (tertiary/aromatic N) is 3. The molecule has 2 N–H and O–H groups in total. The molecule has 1 saturated heterocycles. The Hall–Kier alpha value is -1.85. The first-order chi connectivity index (χ1) is 8.85. The molecule has 0 saturated carbocycles. The number of carbonyl (C=O) groups is 1. The zero-order chi connectivity index (χ0) is 14.0. The highest BCUT2D eigenvalue weighted by atomic mass is 16.6. The smallest absolute Gasteiger partial charge is 0.410 e. The lowest BCUT2D eigenvalue weighted by atomic mass is 10.1. The molecule has 1 atom stereocenters. The van der Waals surface area contributed by atoms with E-state index in [-0.39, 0.29) is 12.0 Å². The number of amides is 1. The molecule has 1 aliphatic rings. The van der Waals surface area contributed by atoms with Crippen LogP contribution in [0.1, 0.15) is 38.8 Å². The summed E-state index contributed by atoms with van der Waals surface area (Å²) >= 11 is 0. The number of anilines is 1. The van der Waals surface area contributed by atoms with Crippen molar-refractivity contribution in [3.05, 3.63) is 17.8 Å². The molecule has 19 heavy (non-hydrogen) atoms. The molecule has 6 heteroatoms. The van der Waals surface area contributed by atoms with Crippen molar-refractivity contribution in [1.29, 1.82) is 0 Å². The molecule has 104 valence electrons. The normalized spacial score (nSPS) is 19.5. The lowest BCUT2D eigenvalue weighted by Gasteiger charge is -2.24. The third-order valence-electron chi connectivity index (χ3n) is 2.96. The van der Waals surface area contributed by atoms with Crippen molar-refractivity contribution in [2.24, 2.45) is 0 Å². The van der Waals surface area contributed by atoms with Gasteiger partial charge in [0.2, 0.25) is 0 Å². The van der Waals surface area contributed by atoms with Crippen LogP contribution in [0.3, 0.4) is 0 Å². The second-order valence-electron chi connectivity index (χ2n) is 5.80. The molecule has 0 aromatic carbocycles. The molecule has 2 rings (SSSR count). The summed E-state index contributed by atoms with van der Waals surface area (Å²) in [5.74, 6) is 0.617. The van der Waals surface area contributed by atoms with Crippen LogP contribution in [-0.2, 0) is 4.74 Å². The maximum absolute atomic E-state index is 11.9. The van der Waals surface area contributed by atoms with Gasteiger partial charge in [-0.1, -0.05) is 0 Å². The summed E-state index contributed by atoms with van der Waals surface area (Å²) in [6.45, 7) is 6.90. The van der Waals surface area contributed by atoms with E-state index in [0.717, 1.165) is 12.1 Å². The molecule has 0 spiro atoms. The average Bonchev–Trinajstić information content (AvgIpc) is 2.77. The minimum Gasteiger partial charge on any atom is -0.444 e. The first-order valence-electron chi connectivity index (χ1n) is 6.42. The van der Waals surface area contributed by atoms with E-state index < -0.39 is 5.60 Å². The van der Waals surface area contributed by atoms with Gasteiger partial charge in [0.15, 0.2) is 0 Å². The van der Waals surface area contributed by atoms with Crippen molar-refractivity contribution in [3.8, 4) is 0 Å². The Labute approximate surface area is 112 Å². The molecular weight excluding hydrogens is 244 g/mol. The molecule has 6 nitrogen and oxygen atoms in total. The molecule has 0 aliphatic carbocycles. The molecule has 1 amide bonds. The van der Waals surface area contributed by atoms with Crippen molar-refractivity contribution >= 4 is 11.9 Å². The highest BCUT2D eigenvalue weighted by Crippen LogP contribution is 2.26. The van der Waals surface area contributed by atoms with E-state index in [4.69, 9.17) is 10.5 Å². The van der Waals surface area contributed by atoms with Gasteiger partial charge >= 0.3 is 6.09 Å². The SMILES string of the molecule is CC(C)(C)OC(=O)N1CC[C@@H](c2ccc(N)nn2)C1. The maximum atomic E-state index is 11.9. The minimum atomic E-state index is -0.462. The van der Waals surface area contributed by atoms with Crippen molar-refractivity contribution in [2.75, 3.05) is 18.8 Å². The minimum absolute atomic E-state index is 0.209. The van der Waals surface area contributed by atoms with Crippen LogP contribution in [0.4, 0.5) is 10.6 Å². The van der Waals surface area contributed by atoms with Crippen LogP contribution in [0.15, 0.2) is 12.1 Å². The number of aromatic nitrogens is 2. The molecule has 2 heterocycles. The summed E-state index contributed by atoms with van der Waals surface area (Å²) in [7, 11) is 0. The van der Waals surface area contributed by atoms with Crippen molar-refractivity contribution < 1.29 is 9.53 Å². The predicted octanol–water partition coefficient (Wildman–Crippen LogP) is 1.78. The molecule has 0 radical (unpaired) electrons. The Bertz CT molecular complexity index is 453. The number of hydrogen-bond donors (Lipinski definition) is 1. The van der Waals surface area contributed by atoms with Gasteiger partial charge in [0, 0.05) is 19.0 Å². The lowest BCUT2D eigenvalue weighted by molar-refractivity contribution is 0.0292. The number of nitrogens with two attached hydrogens (primary N) is 1. The molecule has 1 aliphatic heterocycles. The molecule has 0 unspecified atom stereocenters. The van der Waals surface area contributed by atoms with Gasteiger partial charge in [-0.25, -0.2) is 4.79 Å². The van der Waals surface area contributed by atoms with E-state index >= 15 is 0 Å². The van der Waals surface area contributed by atoms with Crippen molar-refractivity contribution in [1.82, 2.24) is 15.1 Å². The van der Waals surface area contributed by atoms with Crippen LogP contribution in [0.2, 0.25) is 0 Å². The Morgan fingerprint density at radius 3 is 2.74 bits per heavy atom. The predicted molar refractivity (Wildman–Crippen MR) is 71.6 cm³/mol.